The molecule has 5 fully saturated rings. The first kappa shape index (κ1) is 28.9. The SMILES string of the molecule is C=C(C)[C@@H]1CC[C@]2(COC(C)=O)CC[C@]3(C)[C@H](CC[C@@H]4[C@@]5(C)CCC(=O)[C@](C)(COC(C)=O)[C@@H]5CC[C@]43C)[C@@H]12. The number of hydrogen-bond donors (Lipinski definition) is 0. The van der Waals surface area contributed by atoms with Crippen molar-refractivity contribution < 1.29 is 23.9 Å². The lowest BCUT2D eigenvalue weighted by Gasteiger charge is -2.72. The molecular weight excluding hydrogens is 488 g/mol. The van der Waals surface area contributed by atoms with E-state index in [1.54, 1.807) is 6.92 Å². The van der Waals surface area contributed by atoms with E-state index in [0.29, 0.717) is 36.7 Å². The van der Waals surface area contributed by atoms with Gasteiger partial charge in [-0.05, 0) is 117 Å². The zero-order valence-electron chi connectivity index (χ0n) is 25.6. The van der Waals surface area contributed by atoms with Crippen molar-refractivity contribution in [3.63, 3.8) is 0 Å². The van der Waals surface area contributed by atoms with Crippen LogP contribution >= 0.6 is 0 Å². The molecule has 5 aliphatic rings. The highest BCUT2D eigenvalue weighted by molar-refractivity contribution is 5.86. The van der Waals surface area contributed by atoms with Crippen LogP contribution in [0.1, 0.15) is 113 Å². The van der Waals surface area contributed by atoms with E-state index in [2.05, 4.69) is 41.2 Å². The number of carbonyl (C=O) groups excluding carboxylic acids is 3. The minimum absolute atomic E-state index is 0.0551. The first-order valence-electron chi connectivity index (χ1n) is 15.6. The molecule has 218 valence electrons. The highest BCUT2D eigenvalue weighted by Gasteiger charge is 2.71. The number of ketones is 1. The van der Waals surface area contributed by atoms with Crippen molar-refractivity contribution in [1.29, 1.82) is 0 Å². The largest absolute Gasteiger partial charge is 0.465 e. The Kier molecular flexibility index (Phi) is 6.99. The van der Waals surface area contributed by atoms with Crippen LogP contribution in [-0.2, 0) is 23.9 Å². The summed E-state index contributed by atoms with van der Waals surface area (Å²) in [5.41, 5.74) is 1.20. The van der Waals surface area contributed by atoms with Crippen molar-refractivity contribution in [3.05, 3.63) is 12.2 Å². The number of esters is 2. The van der Waals surface area contributed by atoms with Gasteiger partial charge < -0.3 is 9.47 Å². The van der Waals surface area contributed by atoms with E-state index in [9.17, 15) is 14.4 Å². The molecule has 0 saturated heterocycles. The minimum Gasteiger partial charge on any atom is -0.465 e. The van der Waals surface area contributed by atoms with Gasteiger partial charge in [-0.25, -0.2) is 0 Å². The van der Waals surface area contributed by atoms with E-state index >= 15 is 0 Å². The van der Waals surface area contributed by atoms with E-state index < -0.39 is 5.41 Å². The Morgan fingerprint density at radius 3 is 2.10 bits per heavy atom. The van der Waals surface area contributed by atoms with Gasteiger partial charge in [0.25, 0.3) is 0 Å². The van der Waals surface area contributed by atoms with Crippen LogP contribution in [-0.4, -0.2) is 30.9 Å². The van der Waals surface area contributed by atoms with Gasteiger partial charge in [-0.1, -0.05) is 32.9 Å². The molecule has 5 rings (SSSR count). The summed E-state index contributed by atoms with van der Waals surface area (Å²) >= 11 is 0. The number of hydrogen-bond acceptors (Lipinski definition) is 5. The Morgan fingerprint density at radius 1 is 0.795 bits per heavy atom. The average molecular weight is 541 g/mol. The van der Waals surface area contributed by atoms with Crippen molar-refractivity contribution in [2.45, 2.75) is 113 Å². The maximum absolute atomic E-state index is 13.4. The molecule has 0 amide bonds. The Labute approximate surface area is 236 Å². The molecule has 39 heavy (non-hydrogen) atoms. The van der Waals surface area contributed by atoms with Crippen molar-refractivity contribution in [3.8, 4) is 0 Å². The molecule has 0 bridgehead atoms. The minimum atomic E-state index is -0.597. The lowest BCUT2D eigenvalue weighted by atomic mass is 9.32. The Bertz CT molecular complexity index is 1060. The number of ether oxygens (including phenoxy) is 2. The number of fused-ring (bicyclic) bond motifs is 7. The third kappa shape index (κ3) is 4.02. The maximum Gasteiger partial charge on any atom is 0.302 e. The fraction of sp³-hybridized carbons (Fsp3) is 0.853. The highest BCUT2D eigenvalue weighted by atomic mass is 16.5. The van der Waals surface area contributed by atoms with Crippen LogP contribution in [0.2, 0.25) is 0 Å². The second-order valence-corrected chi connectivity index (χ2v) is 15.4. The van der Waals surface area contributed by atoms with Crippen LogP contribution < -0.4 is 0 Å². The van der Waals surface area contributed by atoms with E-state index in [4.69, 9.17) is 9.47 Å². The van der Waals surface area contributed by atoms with Crippen LogP contribution in [0.15, 0.2) is 12.2 Å². The Hall–Kier alpha value is -1.65. The lowest BCUT2D eigenvalue weighted by molar-refractivity contribution is -0.240. The summed E-state index contributed by atoms with van der Waals surface area (Å²) < 4.78 is 11.3. The molecule has 0 aromatic carbocycles. The summed E-state index contributed by atoms with van der Waals surface area (Å²) in [5, 5.41) is 0. The summed E-state index contributed by atoms with van der Waals surface area (Å²) in [4.78, 5) is 37.1. The van der Waals surface area contributed by atoms with Crippen LogP contribution in [0.25, 0.3) is 0 Å². The van der Waals surface area contributed by atoms with Gasteiger partial charge in [0.15, 0.2) is 0 Å². The zero-order chi connectivity index (χ0) is 28.6. The molecule has 0 unspecified atom stereocenters. The molecule has 0 spiro atoms. The van der Waals surface area contributed by atoms with Crippen LogP contribution in [0, 0.1) is 56.7 Å². The van der Waals surface area contributed by atoms with Crippen molar-refractivity contribution >= 4 is 17.7 Å². The average Bonchev–Trinajstić information content (AvgIpc) is 3.25. The monoisotopic (exact) mass is 540 g/mol. The predicted molar refractivity (Wildman–Crippen MR) is 152 cm³/mol. The van der Waals surface area contributed by atoms with E-state index in [1.807, 2.05) is 0 Å². The van der Waals surface area contributed by atoms with E-state index in [0.717, 1.165) is 38.5 Å². The molecule has 0 aliphatic heterocycles. The topological polar surface area (TPSA) is 69.7 Å². The lowest BCUT2D eigenvalue weighted by Crippen LogP contribution is -2.67. The first-order valence-corrected chi connectivity index (χ1v) is 15.6. The molecule has 5 heteroatoms. The molecule has 0 heterocycles. The van der Waals surface area contributed by atoms with E-state index in [1.165, 1.54) is 31.8 Å². The smallest absolute Gasteiger partial charge is 0.302 e. The number of carbonyl (C=O) groups is 3. The molecule has 10 atom stereocenters. The standard InChI is InChI=1S/C34H52O5/c1-21(2)24-11-16-34(20-39-23(4)36)18-17-32(7)25(29(24)34)9-10-27-30(5)14-13-28(37)31(6,19-38-22(3)35)26(30)12-15-33(27,32)8/h24-27,29H,1,9-20H2,2-8H3/t24-,25+,26+,27+,29+,30-,31+,32+,33+,34+/m0/s1. The molecular formula is C34H52O5. The van der Waals surface area contributed by atoms with Gasteiger partial charge in [0.1, 0.15) is 12.4 Å². The van der Waals surface area contributed by atoms with Gasteiger partial charge in [0, 0.05) is 25.7 Å². The summed E-state index contributed by atoms with van der Waals surface area (Å²) in [6.45, 7) is 20.2. The highest BCUT2D eigenvalue weighted by Crippen LogP contribution is 2.77. The van der Waals surface area contributed by atoms with Crippen LogP contribution in [0.3, 0.4) is 0 Å². The second kappa shape index (κ2) is 9.44. The first-order chi connectivity index (χ1) is 18.1. The Balaban J connectivity index is 1.51. The molecule has 5 saturated carbocycles. The van der Waals surface area contributed by atoms with Crippen LogP contribution in [0.5, 0.6) is 0 Å². The number of allylic oxidation sites excluding steroid dienone is 1. The summed E-state index contributed by atoms with van der Waals surface area (Å²) in [6, 6.07) is 0. The van der Waals surface area contributed by atoms with Gasteiger partial charge in [0.05, 0.1) is 12.0 Å². The molecule has 0 aromatic heterocycles. The van der Waals surface area contributed by atoms with Crippen molar-refractivity contribution in [2.75, 3.05) is 13.2 Å². The molecule has 0 aromatic rings. The summed E-state index contributed by atoms with van der Waals surface area (Å²) in [6.07, 6.45) is 10.6. The Morgan fingerprint density at radius 2 is 1.46 bits per heavy atom. The predicted octanol–water partition coefficient (Wildman–Crippen LogP) is 7.32. The maximum atomic E-state index is 13.4. The molecule has 5 nitrogen and oxygen atoms in total. The van der Waals surface area contributed by atoms with Gasteiger partial charge in [-0.2, -0.15) is 0 Å². The van der Waals surface area contributed by atoms with E-state index in [-0.39, 0.29) is 51.9 Å². The molecule has 0 N–H and O–H groups in total. The fourth-order valence-corrected chi connectivity index (χ4v) is 11.8. The van der Waals surface area contributed by atoms with Gasteiger partial charge in [-0.3, -0.25) is 14.4 Å². The van der Waals surface area contributed by atoms with Crippen LogP contribution in [0.4, 0.5) is 0 Å². The van der Waals surface area contributed by atoms with Gasteiger partial charge in [-0.15, -0.1) is 0 Å². The van der Waals surface area contributed by atoms with Crippen molar-refractivity contribution in [2.24, 2.45) is 56.7 Å². The third-order valence-electron chi connectivity index (χ3n) is 13.9. The zero-order valence-corrected chi connectivity index (χ0v) is 25.6. The second-order valence-electron chi connectivity index (χ2n) is 15.4. The quantitative estimate of drug-likeness (QED) is 0.270. The molecule has 5 aliphatic carbocycles. The number of rotatable bonds is 5. The summed E-state index contributed by atoms with van der Waals surface area (Å²) in [5.74, 6) is 2.19. The number of Topliss-reactive ketones (excluding diaryl/α,β-unsaturated/α-hetero) is 1. The fourth-order valence-electron chi connectivity index (χ4n) is 11.8. The normalized spacial score (nSPS) is 48.7. The van der Waals surface area contributed by atoms with Gasteiger partial charge in [0.2, 0.25) is 0 Å². The molecule has 0 radical (unpaired) electrons. The van der Waals surface area contributed by atoms with Gasteiger partial charge >= 0.3 is 11.9 Å². The third-order valence-corrected chi connectivity index (χ3v) is 13.9. The summed E-state index contributed by atoms with van der Waals surface area (Å²) in [7, 11) is 0. The van der Waals surface area contributed by atoms with Crippen molar-refractivity contribution in [1.82, 2.24) is 0 Å².